The van der Waals surface area contributed by atoms with Gasteiger partial charge >= 0.3 is 6.01 Å². The number of phenols is 1. The zero-order valence-electron chi connectivity index (χ0n) is 25.2. The number of alkyl halides is 1. The molecule has 2 aromatic heterocycles. The summed E-state index contributed by atoms with van der Waals surface area (Å²) in [5, 5.41) is 11.5. The van der Waals surface area contributed by atoms with E-state index in [9.17, 15) is 13.9 Å². The van der Waals surface area contributed by atoms with Crippen LogP contribution < -0.4 is 14.4 Å². The van der Waals surface area contributed by atoms with E-state index < -0.39 is 23.3 Å². The second kappa shape index (κ2) is 10.9. The molecule has 4 aromatic rings. The van der Waals surface area contributed by atoms with Gasteiger partial charge in [-0.15, -0.1) is 6.42 Å². The first-order valence-electron chi connectivity index (χ1n) is 15.5. The number of hydrogen-bond donors (Lipinski definition) is 1. The Morgan fingerprint density at radius 1 is 1.17 bits per heavy atom. The maximum atomic E-state index is 17.0. The van der Waals surface area contributed by atoms with Crippen molar-refractivity contribution in [1.82, 2.24) is 19.9 Å². The second-order valence-corrected chi connectivity index (χ2v) is 12.8. The van der Waals surface area contributed by atoms with E-state index in [-0.39, 0.29) is 75.9 Å². The Kier molecular flexibility index (Phi) is 6.88. The van der Waals surface area contributed by atoms with Crippen molar-refractivity contribution in [2.75, 3.05) is 51.5 Å². The first-order valence-corrected chi connectivity index (χ1v) is 15.5. The maximum Gasteiger partial charge on any atom is 0.319 e. The van der Waals surface area contributed by atoms with Gasteiger partial charge in [-0.2, -0.15) is 9.97 Å². The zero-order chi connectivity index (χ0) is 31.7. The quantitative estimate of drug-likeness (QED) is 0.313. The van der Waals surface area contributed by atoms with Gasteiger partial charge in [0, 0.05) is 43.5 Å². The lowest BCUT2D eigenvalue weighted by Gasteiger charge is -2.40. The number of halogens is 3. The van der Waals surface area contributed by atoms with Gasteiger partial charge in [0.25, 0.3) is 0 Å². The predicted molar refractivity (Wildman–Crippen MR) is 165 cm³/mol. The molecule has 3 fully saturated rings. The molecule has 238 valence electrons. The number of fused-ring (bicyclic) bond motifs is 3. The lowest BCUT2D eigenvalue weighted by atomic mass is 9.93. The SMILES string of the molecule is C#Cc1c(F)ccc2cc(O)cc(-c3nc4c5c(nc(OC[C@@]67CCCN6C[C@H](F)C7)nc5c3F)N(C)C3COCCC3CO4)c12. The molecule has 2 aromatic carbocycles. The summed E-state index contributed by atoms with van der Waals surface area (Å²) in [4.78, 5) is 18.0. The minimum absolute atomic E-state index is 0.0613. The summed E-state index contributed by atoms with van der Waals surface area (Å²) in [5.74, 6) is 1.20. The monoisotopic (exact) mass is 631 g/mol. The van der Waals surface area contributed by atoms with Gasteiger partial charge in [-0.25, -0.2) is 18.2 Å². The van der Waals surface area contributed by atoms with E-state index in [2.05, 4.69) is 20.8 Å². The molecule has 6 heterocycles. The summed E-state index contributed by atoms with van der Waals surface area (Å²) in [6, 6.07) is 5.22. The van der Waals surface area contributed by atoms with Crippen molar-refractivity contribution in [2.45, 2.75) is 43.4 Å². The molecular weight excluding hydrogens is 599 g/mol. The normalized spacial score (nSPS) is 25.9. The Hall–Kier alpha value is -4.34. The van der Waals surface area contributed by atoms with Gasteiger partial charge in [-0.3, -0.25) is 4.90 Å². The Bertz CT molecular complexity index is 1940. The standard InChI is InChI=1S/C34H32F3N5O4/c1-3-22-24(36)6-5-18-11-21(43)12-23(26(18)22)29-28(37)30-27-31(41(2)25-16-44-10-7-19(25)15-45-32(27)38-29)40-33(39-30)46-17-34-8-4-9-42(34)14-20(35)13-34/h1,5-6,11-12,19-20,25,43H,4,7-10,13-17H2,2H3/t19?,20-,25?,34+/m1/s1. The average molecular weight is 632 g/mol. The molecule has 12 heteroatoms. The van der Waals surface area contributed by atoms with E-state index in [1.807, 2.05) is 11.9 Å². The van der Waals surface area contributed by atoms with Crippen LogP contribution in [0.4, 0.5) is 19.0 Å². The maximum absolute atomic E-state index is 17.0. The van der Waals surface area contributed by atoms with Gasteiger partial charge < -0.3 is 24.2 Å². The predicted octanol–water partition coefficient (Wildman–Crippen LogP) is 5.00. The average Bonchev–Trinajstić information content (AvgIpc) is 3.58. The van der Waals surface area contributed by atoms with E-state index in [1.54, 1.807) is 0 Å². The fourth-order valence-electron chi connectivity index (χ4n) is 7.84. The van der Waals surface area contributed by atoms with Crippen LogP contribution in [0.25, 0.3) is 32.9 Å². The molecule has 0 amide bonds. The summed E-state index contributed by atoms with van der Waals surface area (Å²) in [5.41, 5.74) is -0.803. The number of terminal acetylenes is 1. The van der Waals surface area contributed by atoms with Gasteiger partial charge in [0.15, 0.2) is 5.82 Å². The molecule has 1 N–H and O–H groups in total. The van der Waals surface area contributed by atoms with E-state index in [1.165, 1.54) is 24.3 Å². The third kappa shape index (κ3) is 4.51. The Morgan fingerprint density at radius 3 is 2.89 bits per heavy atom. The fourth-order valence-corrected chi connectivity index (χ4v) is 7.84. The zero-order valence-corrected chi connectivity index (χ0v) is 25.2. The van der Waals surface area contributed by atoms with Gasteiger partial charge in [-0.05, 0) is 49.4 Å². The smallest absolute Gasteiger partial charge is 0.319 e. The van der Waals surface area contributed by atoms with Crippen LogP contribution in [-0.4, -0.2) is 89.3 Å². The number of aromatic hydroxyl groups is 1. The third-order valence-electron chi connectivity index (χ3n) is 10.1. The summed E-state index contributed by atoms with van der Waals surface area (Å²) < 4.78 is 64.7. The number of rotatable bonds is 4. The lowest BCUT2D eigenvalue weighted by molar-refractivity contribution is 0.0297. The van der Waals surface area contributed by atoms with Crippen molar-refractivity contribution in [3.8, 4) is 41.2 Å². The van der Waals surface area contributed by atoms with Crippen LogP contribution in [0.2, 0.25) is 0 Å². The van der Waals surface area contributed by atoms with Crippen LogP contribution in [0.15, 0.2) is 24.3 Å². The number of phenolic OH excluding ortho intramolecular Hbond substituents is 1. The van der Waals surface area contributed by atoms with E-state index in [4.69, 9.17) is 25.6 Å². The molecule has 0 bridgehead atoms. The third-order valence-corrected chi connectivity index (χ3v) is 10.1. The van der Waals surface area contributed by atoms with Crippen LogP contribution >= 0.6 is 0 Å². The van der Waals surface area contributed by atoms with E-state index in [0.717, 1.165) is 25.8 Å². The molecule has 3 saturated heterocycles. The molecule has 0 aliphatic carbocycles. The van der Waals surface area contributed by atoms with Gasteiger partial charge in [0.2, 0.25) is 5.88 Å². The molecule has 2 unspecified atom stereocenters. The topological polar surface area (TPSA) is 93.1 Å². The Balaban J connectivity index is 1.34. The molecule has 8 rings (SSSR count). The van der Waals surface area contributed by atoms with Crippen LogP contribution in [0.1, 0.15) is 31.2 Å². The largest absolute Gasteiger partial charge is 0.508 e. The molecule has 46 heavy (non-hydrogen) atoms. The number of benzene rings is 2. The van der Waals surface area contributed by atoms with Crippen molar-refractivity contribution >= 4 is 27.5 Å². The first kappa shape index (κ1) is 29.1. The molecule has 0 saturated carbocycles. The van der Waals surface area contributed by atoms with Crippen LogP contribution in [0.3, 0.4) is 0 Å². The van der Waals surface area contributed by atoms with Crippen molar-refractivity contribution in [1.29, 1.82) is 0 Å². The summed E-state index contributed by atoms with van der Waals surface area (Å²) in [6.07, 6.45) is 7.59. The number of pyridine rings is 1. The number of likely N-dealkylation sites (N-methyl/N-ethyl adjacent to an activating group) is 1. The number of ether oxygens (including phenoxy) is 3. The summed E-state index contributed by atoms with van der Waals surface area (Å²) in [7, 11) is 1.87. The van der Waals surface area contributed by atoms with Crippen molar-refractivity contribution < 1.29 is 32.5 Å². The molecular formula is C34H32F3N5O4. The highest BCUT2D eigenvalue weighted by molar-refractivity contribution is 6.04. The fraction of sp³-hybridized carbons (Fsp3) is 0.441. The molecule has 0 radical (unpaired) electrons. The molecule has 4 atom stereocenters. The lowest BCUT2D eigenvalue weighted by Crippen LogP contribution is -2.48. The van der Waals surface area contributed by atoms with E-state index in [0.29, 0.717) is 37.4 Å². The number of nitrogens with zero attached hydrogens (tertiary/aromatic N) is 5. The van der Waals surface area contributed by atoms with Gasteiger partial charge in [0.1, 0.15) is 46.8 Å². The first-order chi connectivity index (χ1) is 22.3. The van der Waals surface area contributed by atoms with Crippen molar-refractivity contribution in [3.63, 3.8) is 0 Å². The highest BCUT2D eigenvalue weighted by Gasteiger charge is 2.49. The minimum Gasteiger partial charge on any atom is -0.508 e. The Labute approximate surface area is 263 Å². The highest BCUT2D eigenvalue weighted by atomic mass is 19.1. The van der Waals surface area contributed by atoms with Crippen LogP contribution in [0, 0.1) is 29.9 Å². The Morgan fingerprint density at radius 2 is 2.04 bits per heavy atom. The van der Waals surface area contributed by atoms with Crippen LogP contribution in [0.5, 0.6) is 17.6 Å². The minimum atomic E-state index is -0.940. The molecule has 4 aliphatic rings. The van der Waals surface area contributed by atoms with Crippen LogP contribution in [-0.2, 0) is 4.74 Å². The summed E-state index contributed by atoms with van der Waals surface area (Å²) in [6.45, 7) is 2.61. The molecule has 0 spiro atoms. The molecule has 4 aliphatic heterocycles. The highest BCUT2D eigenvalue weighted by Crippen LogP contribution is 2.44. The van der Waals surface area contributed by atoms with Gasteiger partial charge in [-0.1, -0.05) is 12.0 Å². The number of aromatic nitrogens is 3. The van der Waals surface area contributed by atoms with Crippen molar-refractivity contribution in [2.24, 2.45) is 5.92 Å². The molecule has 9 nitrogen and oxygen atoms in total. The second-order valence-electron chi connectivity index (χ2n) is 12.8. The summed E-state index contributed by atoms with van der Waals surface area (Å²) >= 11 is 0. The number of anilines is 1. The van der Waals surface area contributed by atoms with Crippen molar-refractivity contribution in [3.05, 3.63) is 41.5 Å². The van der Waals surface area contributed by atoms with Gasteiger partial charge in [0.05, 0.1) is 30.4 Å². The van der Waals surface area contributed by atoms with E-state index >= 15 is 4.39 Å². The number of hydrogen-bond acceptors (Lipinski definition) is 9.